The maximum atomic E-state index is 12.9. The molecule has 2 aromatic rings. The molecule has 32 heavy (non-hydrogen) atoms. The first-order valence-corrected chi connectivity index (χ1v) is 12.9. The fraction of sp³-hybridized carbons (Fsp3) is 0.458. The highest BCUT2D eigenvalue weighted by atomic mass is 32.2. The van der Waals surface area contributed by atoms with Gasteiger partial charge in [0, 0.05) is 13.1 Å². The molecule has 1 aliphatic rings. The maximum absolute atomic E-state index is 12.9. The third kappa shape index (κ3) is 6.46. The number of hydrogen-bond acceptors (Lipinski definition) is 5. The van der Waals surface area contributed by atoms with E-state index in [1.807, 2.05) is 19.1 Å². The lowest BCUT2D eigenvalue weighted by Crippen LogP contribution is -2.47. The summed E-state index contributed by atoms with van der Waals surface area (Å²) in [6.07, 6.45) is 3.60. The highest BCUT2D eigenvalue weighted by Crippen LogP contribution is 2.24. The molecule has 8 heteroatoms. The van der Waals surface area contributed by atoms with Crippen molar-refractivity contribution >= 4 is 21.6 Å². The molecule has 7 nitrogen and oxygen atoms in total. The van der Waals surface area contributed by atoms with Gasteiger partial charge in [-0.15, -0.1) is 0 Å². The second kappa shape index (κ2) is 10.8. The Kier molecular flexibility index (Phi) is 8.15. The van der Waals surface area contributed by atoms with Crippen molar-refractivity contribution in [3.63, 3.8) is 0 Å². The summed E-state index contributed by atoms with van der Waals surface area (Å²) in [5.41, 5.74) is 2.64. The highest BCUT2D eigenvalue weighted by molar-refractivity contribution is 7.92. The van der Waals surface area contributed by atoms with E-state index in [0.29, 0.717) is 24.6 Å². The molecule has 1 N–H and O–H groups in total. The first kappa shape index (κ1) is 24.1. The lowest BCUT2D eigenvalue weighted by atomic mass is 10.1. The number of nitrogens with zero attached hydrogens (tertiary/aromatic N) is 2. The van der Waals surface area contributed by atoms with E-state index >= 15 is 0 Å². The van der Waals surface area contributed by atoms with Crippen LogP contribution in [0.4, 0.5) is 5.69 Å². The van der Waals surface area contributed by atoms with E-state index in [1.165, 1.54) is 18.4 Å². The first-order valence-electron chi connectivity index (χ1n) is 11.1. The zero-order chi connectivity index (χ0) is 23.1. The van der Waals surface area contributed by atoms with Gasteiger partial charge in [-0.3, -0.25) is 14.0 Å². The van der Waals surface area contributed by atoms with E-state index in [-0.39, 0.29) is 5.91 Å². The number of likely N-dealkylation sites (tertiary alicyclic amines) is 1. The van der Waals surface area contributed by atoms with Crippen LogP contribution in [0.15, 0.2) is 48.5 Å². The van der Waals surface area contributed by atoms with Crippen molar-refractivity contribution in [2.75, 3.05) is 30.3 Å². The Hall–Kier alpha value is -2.58. The number of benzene rings is 2. The number of ether oxygens (including phenoxy) is 1. The molecule has 2 aromatic carbocycles. The van der Waals surface area contributed by atoms with Crippen LogP contribution in [0.5, 0.6) is 5.75 Å². The molecule has 0 aliphatic carbocycles. The summed E-state index contributed by atoms with van der Waals surface area (Å²) in [5.74, 6) is 0.296. The van der Waals surface area contributed by atoms with Gasteiger partial charge in [-0.2, -0.15) is 0 Å². The minimum atomic E-state index is -3.66. The van der Waals surface area contributed by atoms with Gasteiger partial charge in [-0.25, -0.2) is 8.42 Å². The minimum absolute atomic E-state index is 0.345. The molecule has 174 valence electrons. The number of sulfonamides is 1. The van der Waals surface area contributed by atoms with Gasteiger partial charge < -0.3 is 10.1 Å². The predicted molar refractivity (Wildman–Crippen MR) is 127 cm³/mol. The molecule has 0 saturated carbocycles. The van der Waals surface area contributed by atoms with E-state index in [0.717, 1.165) is 35.8 Å². The second-order valence-corrected chi connectivity index (χ2v) is 10.0. The minimum Gasteiger partial charge on any atom is -0.494 e. The number of nitrogens with one attached hydrogen (secondary N) is 1. The number of carbonyl (C=O) groups excluding carboxylic acids is 1. The quantitative estimate of drug-likeness (QED) is 0.591. The highest BCUT2D eigenvalue weighted by Gasteiger charge is 2.29. The number of carbonyl (C=O) groups is 1. The zero-order valence-corrected chi connectivity index (χ0v) is 19.9. The third-order valence-electron chi connectivity index (χ3n) is 5.55. The Labute approximate surface area is 191 Å². The second-order valence-electron chi connectivity index (χ2n) is 8.18. The lowest BCUT2D eigenvalue weighted by Gasteiger charge is -2.28. The normalized spacial score (nSPS) is 15.3. The van der Waals surface area contributed by atoms with Gasteiger partial charge in [-0.05, 0) is 75.2 Å². The van der Waals surface area contributed by atoms with Crippen LogP contribution in [-0.2, 0) is 27.9 Å². The van der Waals surface area contributed by atoms with Gasteiger partial charge in [0.15, 0.2) is 0 Å². The Morgan fingerprint density at radius 3 is 2.41 bits per heavy atom. The average molecular weight is 460 g/mol. The van der Waals surface area contributed by atoms with Crippen LogP contribution < -0.4 is 14.4 Å². The van der Waals surface area contributed by atoms with Gasteiger partial charge in [0.25, 0.3) is 0 Å². The number of amides is 1. The molecular formula is C24H33N3O4S. The molecule has 0 radical (unpaired) electrons. The molecule has 0 spiro atoms. The molecule has 1 saturated heterocycles. The topological polar surface area (TPSA) is 79.0 Å². The van der Waals surface area contributed by atoms with Crippen LogP contribution in [0, 0.1) is 0 Å². The van der Waals surface area contributed by atoms with E-state index < -0.39 is 16.1 Å². The third-order valence-corrected chi connectivity index (χ3v) is 6.80. The van der Waals surface area contributed by atoms with Crippen molar-refractivity contribution in [2.45, 2.75) is 45.8 Å². The zero-order valence-electron chi connectivity index (χ0n) is 19.1. The van der Waals surface area contributed by atoms with Gasteiger partial charge in [-0.1, -0.05) is 24.3 Å². The molecule has 0 aromatic heterocycles. The van der Waals surface area contributed by atoms with E-state index in [1.54, 1.807) is 31.2 Å². The maximum Gasteiger partial charge on any atom is 0.243 e. The Balaban J connectivity index is 1.66. The van der Waals surface area contributed by atoms with Crippen molar-refractivity contribution in [1.82, 2.24) is 10.2 Å². The summed E-state index contributed by atoms with van der Waals surface area (Å²) in [6, 6.07) is 14.0. The molecular weight excluding hydrogens is 426 g/mol. The summed E-state index contributed by atoms with van der Waals surface area (Å²) >= 11 is 0. The average Bonchev–Trinajstić information content (AvgIpc) is 3.26. The summed E-state index contributed by atoms with van der Waals surface area (Å²) in [5, 5.41) is 2.89. The Bertz CT molecular complexity index is 1000. The molecule has 1 atom stereocenters. The molecule has 1 fully saturated rings. The van der Waals surface area contributed by atoms with Gasteiger partial charge >= 0.3 is 0 Å². The van der Waals surface area contributed by atoms with Crippen molar-refractivity contribution in [2.24, 2.45) is 0 Å². The largest absolute Gasteiger partial charge is 0.494 e. The van der Waals surface area contributed by atoms with Crippen molar-refractivity contribution in [3.8, 4) is 5.75 Å². The molecule has 3 rings (SSSR count). The Morgan fingerprint density at radius 2 is 1.78 bits per heavy atom. The van der Waals surface area contributed by atoms with E-state index in [2.05, 4.69) is 22.3 Å². The summed E-state index contributed by atoms with van der Waals surface area (Å²) < 4.78 is 31.5. The monoisotopic (exact) mass is 459 g/mol. The van der Waals surface area contributed by atoms with E-state index in [9.17, 15) is 13.2 Å². The number of hydrogen-bond donors (Lipinski definition) is 1. The molecule has 1 amide bonds. The van der Waals surface area contributed by atoms with Gasteiger partial charge in [0.2, 0.25) is 15.9 Å². The van der Waals surface area contributed by atoms with Crippen LogP contribution in [0.3, 0.4) is 0 Å². The van der Waals surface area contributed by atoms with Crippen LogP contribution >= 0.6 is 0 Å². The van der Waals surface area contributed by atoms with Crippen LogP contribution in [0.25, 0.3) is 0 Å². The fourth-order valence-electron chi connectivity index (χ4n) is 4.04. The fourth-order valence-corrected chi connectivity index (χ4v) is 5.21. The van der Waals surface area contributed by atoms with Crippen LogP contribution in [0.1, 0.15) is 37.8 Å². The van der Waals surface area contributed by atoms with Crippen molar-refractivity contribution in [1.29, 1.82) is 0 Å². The predicted octanol–water partition coefficient (Wildman–Crippen LogP) is 3.15. The summed E-state index contributed by atoms with van der Waals surface area (Å²) in [6.45, 7) is 7.52. The van der Waals surface area contributed by atoms with Gasteiger partial charge in [0.1, 0.15) is 11.8 Å². The van der Waals surface area contributed by atoms with Crippen LogP contribution in [0.2, 0.25) is 0 Å². The molecule has 1 aliphatic heterocycles. The number of rotatable bonds is 10. The molecule has 1 heterocycles. The SMILES string of the molecule is CCOc1ccc(N(C(C)C(=O)NCc2cccc(CN3CCCC3)c2)S(C)(=O)=O)cc1. The van der Waals surface area contributed by atoms with Crippen LogP contribution in [-0.4, -0.2) is 51.2 Å². The van der Waals surface area contributed by atoms with Crippen molar-refractivity contribution < 1.29 is 17.9 Å². The number of anilines is 1. The standard InChI is InChI=1S/C24H33N3O4S/c1-4-31-23-12-10-22(11-13-23)27(32(3,29)30)19(2)24(28)25-17-20-8-7-9-21(16-20)18-26-14-5-6-15-26/h7-13,16,19H,4-6,14-15,17-18H2,1-3H3,(H,25,28). The molecule has 0 bridgehead atoms. The smallest absolute Gasteiger partial charge is 0.243 e. The van der Waals surface area contributed by atoms with Crippen molar-refractivity contribution in [3.05, 3.63) is 59.7 Å². The lowest BCUT2D eigenvalue weighted by molar-refractivity contribution is -0.122. The van der Waals surface area contributed by atoms with Gasteiger partial charge in [0.05, 0.1) is 18.6 Å². The molecule has 1 unspecified atom stereocenters. The Morgan fingerprint density at radius 1 is 1.12 bits per heavy atom. The summed E-state index contributed by atoms with van der Waals surface area (Å²) in [4.78, 5) is 15.3. The summed E-state index contributed by atoms with van der Waals surface area (Å²) in [7, 11) is -3.66. The first-order chi connectivity index (χ1) is 15.3. The van der Waals surface area contributed by atoms with E-state index in [4.69, 9.17) is 4.74 Å².